The fraction of sp³-hybridized carbons (Fsp3) is 0.556. The molecule has 0 spiro atoms. The summed E-state index contributed by atoms with van der Waals surface area (Å²) >= 11 is 1.79. The molecule has 3 heterocycles. The Kier molecular flexibility index (Phi) is 5.23. The van der Waals surface area contributed by atoms with E-state index in [2.05, 4.69) is 42.6 Å². The zero-order valence-electron chi connectivity index (χ0n) is 14.8. The van der Waals surface area contributed by atoms with Crippen molar-refractivity contribution in [3.63, 3.8) is 0 Å². The van der Waals surface area contributed by atoms with Crippen LogP contribution in [0, 0.1) is 0 Å². The van der Waals surface area contributed by atoms with Gasteiger partial charge in [0.1, 0.15) is 11.6 Å². The van der Waals surface area contributed by atoms with E-state index < -0.39 is 0 Å². The number of aliphatic hydroxyl groups is 1. The van der Waals surface area contributed by atoms with Gasteiger partial charge in [-0.25, -0.2) is 0 Å². The van der Waals surface area contributed by atoms with Crippen LogP contribution in [0.25, 0.3) is 0 Å². The van der Waals surface area contributed by atoms with Gasteiger partial charge in [0.05, 0.1) is 0 Å². The van der Waals surface area contributed by atoms with Crippen LogP contribution in [0.5, 0.6) is 0 Å². The van der Waals surface area contributed by atoms with Crippen molar-refractivity contribution in [1.82, 2.24) is 14.9 Å². The fourth-order valence-corrected chi connectivity index (χ4v) is 4.19. The first kappa shape index (κ1) is 17.5. The van der Waals surface area contributed by atoms with Gasteiger partial charge in [0, 0.05) is 55.8 Å². The number of nitrogens with one attached hydrogen (secondary N) is 1. The molecule has 0 bridgehead atoms. The Hall–Kier alpha value is -1.90. The highest BCUT2D eigenvalue weighted by atomic mass is 32.1. The molecule has 1 saturated carbocycles. The number of aromatic nitrogens is 2. The summed E-state index contributed by atoms with van der Waals surface area (Å²) in [7, 11) is 0. The standard InChI is InChI=1S/C18H26N6OS/c19-18-21-16(20-13-3-4-13)10-17(22-18)24-7-6-23(14(11-24)5-8-25)12-15-2-1-9-26-15/h1-2,9-10,13-14,25H,3-8,11-12H2,(H3,19,20,21,22). The van der Waals surface area contributed by atoms with Crippen molar-refractivity contribution in [2.24, 2.45) is 0 Å². The number of hydrogen-bond donors (Lipinski definition) is 3. The highest BCUT2D eigenvalue weighted by Gasteiger charge is 2.28. The number of piperazine rings is 1. The average molecular weight is 375 g/mol. The maximum absolute atomic E-state index is 9.52. The summed E-state index contributed by atoms with van der Waals surface area (Å²) in [6.07, 6.45) is 3.15. The van der Waals surface area contributed by atoms with E-state index in [4.69, 9.17) is 5.73 Å². The molecule has 0 amide bonds. The van der Waals surface area contributed by atoms with Crippen LogP contribution in [0.15, 0.2) is 23.6 Å². The lowest BCUT2D eigenvalue weighted by Crippen LogP contribution is -2.53. The Morgan fingerprint density at radius 2 is 2.19 bits per heavy atom. The van der Waals surface area contributed by atoms with Crippen LogP contribution in [0.2, 0.25) is 0 Å². The smallest absolute Gasteiger partial charge is 0.223 e. The Balaban J connectivity index is 1.47. The molecule has 2 aromatic rings. The van der Waals surface area contributed by atoms with Crippen LogP contribution in [-0.4, -0.2) is 58.3 Å². The van der Waals surface area contributed by atoms with E-state index in [0.717, 1.165) is 44.2 Å². The lowest BCUT2D eigenvalue weighted by molar-refractivity contribution is 0.136. The van der Waals surface area contributed by atoms with Gasteiger partial charge in [-0.1, -0.05) is 6.07 Å². The number of nitrogens with two attached hydrogens (primary N) is 1. The van der Waals surface area contributed by atoms with Gasteiger partial charge in [-0.2, -0.15) is 9.97 Å². The number of nitrogens with zero attached hydrogens (tertiary/aromatic N) is 4. The van der Waals surface area contributed by atoms with E-state index in [1.807, 2.05) is 6.07 Å². The van der Waals surface area contributed by atoms with Crippen LogP contribution in [0.1, 0.15) is 24.1 Å². The fourth-order valence-electron chi connectivity index (χ4n) is 3.46. The van der Waals surface area contributed by atoms with Gasteiger partial charge in [-0.05, 0) is 30.7 Å². The number of hydrogen-bond acceptors (Lipinski definition) is 8. The second-order valence-electron chi connectivity index (χ2n) is 7.05. The van der Waals surface area contributed by atoms with Crippen molar-refractivity contribution >= 4 is 28.9 Å². The molecule has 0 radical (unpaired) electrons. The predicted octanol–water partition coefficient (Wildman–Crippen LogP) is 1.77. The second kappa shape index (κ2) is 7.77. The third-order valence-electron chi connectivity index (χ3n) is 4.99. The highest BCUT2D eigenvalue weighted by Crippen LogP contribution is 2.27. The highest BCUT2D eigenvalue weighted by molar-refractivity contribution is 7.09. The number of nitrogen functional groups attached to an aromatic ring is 1. The van der Waals surface area contributed by atoms with Crippen LogP contribution < -0.4 is 16.0 Å². The van der Waals surface area contributed by atoms with Crippen molar-refractivity contribution in [1.29, 1.82) is 0 Å². The minimum Gasteiger partial charge on any atom is -0.396 e. The average Bonchev–Trinajstić information content (AvgIpc) is 3.28. The van der Waals surface area contributed by atoms with Crippen molar-refractivity contribution < 1.29 is 5.11 Å². The van der Waals surface area contributed by atoms with Crippen LogP contribution in [0.3, 0.4) is 0 Å². The molecular formula is C18H26N6OS. The summed E-state index contributed by atoms with van der Waals surface area (Å²) in [6, 6.07) is 7.09. The topological polar surface area (TPSA) is 90.5 Å². The molecule has 26 heavy (non-hydrogen) atoms. The number of thiophene rings is 1. The quantitative estimate of drug-likeness (QED) is 0.680. The van der Waals surface area contributed by atoms with E-state index in [-0.39, 0.29) is 6.61 Å². The van der Waals surface area contributed by atoms with Crippen LogP contribution in [0.4, 0.5) is 17.6 Å². The van der Waals surface area contributed by atoms with E-state index in [1.165, 1.54) is 17.7 Å². The van der Waals surface area contributed by atoms with Gasteiger partial charge in [-0.3, -0.25) is 4.90 Å². The maximum Gasteiger partial charge on any atom is 0.223 e. The van der Waals surface area contributed by atoms with Gasteiger partial charge in [0.25, 0.3) is 0 Å². The van der Waals surface area contributed by atoms with Crippen LogP contribution >= 0.6 is 11.3 Å². The summed E-state index contributed by atoms with van der Waals surface area (Å²) in [5.41, 5.74) is 5.94. The predicted molar refractivity (Wildman–Crippen MR) is 106 cm³/mol. The molecule has 1 saturated heterocycles. The minimum atomic E-state index is 0.194. The lowest BCUT2D eigenvalue weighted by atomic mass is 10.1. The molecule has 2 aromatic heterocycles. The Morgan fingerprint density at radius 3 is 2.92 bits per heavy atom. The van der Waals surface area contributed by atoms with Crippen molar-refractivity contribution in [3.8, 4) is 0 Å². The summed E-state index contributed by atoms with van der Waals surface area (Å²) in [5, 5.41) is 15.0. The van der Waals surface area contributed by atoms with Crippen molar-refractivity contribution in [3.05, 3.63) is 28.5 Å². The largest absolute Gasteiger partial charge is 0.396 e. The van der Waals surface area contributed by atoms with Crippen molar-refractivity contribution in [2.75, 3.05) is 42.2 Å². The second-order valence-corrected chi connectivity index (χ2v) is 8.08. The molecule has 2 aliphatic rings. The Bertz CT molecular complexity index is 720. The number of anilines is 3. The third-order valence-corrected chi connectivity index (χ3v) is 5.85. The summed E-state index contributed by atoms with van der Waals surface area (Å²) in [4.78, 5) is 14.9. The molecule has 7 nitrogen and oxygen atoms in total. The SMILES string of the molecule is Nc1nc(NC2CC2)cc(N2CCN(Cc3cccs3)C(CCO)C2)n1. The van der Waals surface area contributed by atoms with Gasteiger partial charge < -0.3 is 21.1 Å². The van der Waals surface area contributed by atoms with Crippen molar-refractivity contribution in [2.45, 2.75) is 37.9 Å². The molecule has 1 unspecified atom stereocenters. The first-order valence-corrected chi connectivity index (χ1v) is 10.1. The number of aliphatic hydroxyl groups excluding tert-OH is 1. The van der Waals surface area contributed by atoms with E-state index >= 15 is 0 Å². The molecule has 0 aromatic carbocycles. The molecule has 4 rings (SSSR count). The first-order valence-electron chi connectivity index (χ1n) is 9.24. The Morgan fingerprint density at radius 1 is 1.31 bits per heavy atom. The van der Waals surface area contributed by atoms with Gasteiger partial charge >= 0.3 is 0 Å². The van der Waals surface area contributed by atoms with E-state index in [9.17, 15) is 5.11 Å². The molecular weight excluding hydrogens is 348 g/mol. The number of rotatable bonds is 7. The minimum absolute atomic E-state index is 0.194. The zero-order chi connectivity index (χ0) is 17.9. The molecule has 2 fully saturated rings. The molecule has 1 atom stereocenters. The van der Waals surface area contributed by atoms with Gasteiger partial charge in [0.15, 0.2) is 0 Å². The summed E-state index contributed by atoms with van der Waals surface area (Å²) in [6.45, 7) is 3.81. The molecule has 140 valence electrons. The maximum atomic E-state index is 9.52. The van der Waals surface area contributed by atoms with Crippen LogP contribution in [-0.2, 0) is 6.54 Å². The molecule has 8 heteroatoms. The lowest BCUT2D eigenvalue weighted by Gasteiger charge is -2.41. The normalized spacial score (nSPS) is 21.1. The summed E-state index contributed by atoms with van der Waals surface area (Å²) in [5.74, 6) is 2.00. The summed E-state index contributed by atoms with van der Waals surface area (Å²) < 4.78 is 0. The molecule has 1 aliphatic heterocycles. The molecule has 4 N–H and O–H groups in total. The Labute approximate surface area is 157 Å². The van der Waals surface area contributed by atoms with Gasteiger partial charge in [0.2, 0.25) is 5.95 Å². The van der Waals surface area contributed by atoms with E-state index in [0.29, 0.717) is 18.0 Å². The first-order chi connectivity index (χ1) is 12.7. The van der Waals surface area contributed by atoms with E-state index in [1.54, 1.807) is 11.3 Å². The molecule has 1 aliphatic carbocycles. The monoisotopic (exact) mass is 374 g/mol. The van der Waals surface area contributed by atoms with Gasteiger partial charge in [-0.15, -0.1) is 11.3 Å². The zero-order valence-corrected chi connectivity index (χ0v) is 15.7. The third kappa shape index (κ3) is 4.25.